The second-order valence-electron chi connectivity index (χ2n) is 6.73. The number of ether oxygens (including phenoxy) is 2. The highest BCUT2D eigenvalue weighted by molar-refractivity contribution is 5.93. The minimum Gasteiger partial charge on any atom is -0.497 e. The molecule has 3 aromatic rings. The molecule has 2 aromatic carbocycles. The molecule has 6 nitrogen and oxygen atoms in total. The summed E-state index contributed by atoms with van der Waals surface area (Å²) in [6.45, 7) is 0.702. The Labute approximate surface area is 163 Å². The molecule has 0 spiro atoms. The molecule has 144 valence electrons. The minimum absolute atomic E-state index is 0.0351. The number of likely N-dealkylation sites (tertiary alicyclic amines) is 1. The molecule has 4 rings (SSSR count). The summed E-state index contributed by atoms with van der Waals surface area (Å²) in [6, 6.07) is 17.1. The van der Waals surface area contributed by atoms with Gasteiger partial charge in [0.15, 0.2) is 0 Å². The average Bonchev–Trinajstić information content (AvgIpc) is 3.43. The van der Waals surface area contributed by atoms with E-state index in [1.165, 1.54) is 0 Å². The summed E-state index contributed by atoms with van der Waals surface area (Å²) in [5, 5.41) is 4.08. The van der Waals surface area contributed by atoms with Gasteiger partial charge in [-0.3, -0.25) is 4.79 Å². The number of hydrogen-bond donors (Lipinski definition) is 0. The largest absolute Gasteiger partial charge is 0.497 e. The molecule has 2 heterocycles. The van der Waals surface area contributed by atoms with E-state index in [2.05, 4.69) is 5.16 Å². The van der Waals surface area contributed by atoms with Crippen molar-refractivity contribution in [2.75, 3.05) is 20.8 Å². The second kappa shape index (κ2) is 7.76. The van der Waals surface area contributed by atoms with Crippen LogP contribution in [-0.4, -0.2) is 36.7 Å². The molecule has 1 aliphatic rings. The Balaban J connectivity index is 1.53. The van der Waals surface area contributed by atoms with Crippen molar-refractivity contribution < 1.29 is 18.8 Å². The number of hydrogen-bond acceptors (Lipinski definition) is 5. The van der Waals surface area contributed by atoms with Crippen molar-refractivity contribution in [3.8, 4) is 22.8 Å². The fourth-order valence-corrected chi connectivity index (χ4v) is 3.60. The van der Waals surface area contributed by atoms with Gasteiger partial charge in [0.1, 0.15) is 17.2 Å². The average molecular weight is 378 g/mol. The highest BCUT2D eigenvalue weighted by atomic mass is 16.5. The first-order chi connectivity index (χ1) is 13.7. The van der Waals surface area contributed by atoms with Crippen molar-refractivity contribution >= 4 is 5.91 Å². The molecule has 0 aliphatic carbocycles. The summed E-state index contributed by atoms with van der Waals surface area (Å²) in [6.07, 6.45) is 1.89. The van der Waals surface area contributed by atoms with Crippen LogP contribution in [0.1, 0.15) is 35.0 Å². The van der Waals surface area contributed by atoms with Crippen molar-refractivity contribution in [2.24, 2.45) is 0 Å². The van der Waals surface area contributed by atoms with Crippen LogP contribution >= 0.6 is 0 Å². The van der Waals surface area contributed by atoms with Crippen LogP contribution in [0, 0.1) is 0 Å². The Hall–Kier alpha value is -3.28. The van der Waals surface area contributed by atoms with E-state index in [0.717, 1.165) is 35.5 Å². The van der Waals surface area contributed by atoms with Crippen LogP contribution in [0.4, 0.5) is 0 Å². The maximum atomic E-state index is 13.0. The molecule has 1 aromatic heterocycles. The standard InChI is InChI=1S/C22H22N2O4/c1-26-17-9-5-15(6-10-17)19-14-21(28-23-19)22(25)24-13-3-4-20(24)16-7-11-18(27-2)12-8-16/h5-12,14,20H,3-4,13H2,1-2H3/t20-/m1/s1. The van der Waals surface area contributed by atoms with Gasteiger partial charge >= 0.3 is 0 Å². The van der Waals surface area contributed by atoms with Crippen molar-refractivity contribution in [1.82, 2.24) is 10.1 Å². The van der Waals surface area contributed by atoms with Gasteiger partial charge in [-0.05, 0) is 54.8 Å². The molecule has 0 bridgehead atoms. The molecule has 6 heteroatoms. The normalized spacial score (nSPS) is 16.2. The van der Waals surface area contributed by atoms with E-state index in [-0.39, 0.29) is 17.7 Å². The first-order valence-electron chi connectivity index (χ1n) is 9.25. The predicted molar refractivity (Wildman–Crippen MR) is 104 cm³/mol. The van der Waals surface area contributed by atoms with E-state index < -0.39 is 0 Å². The van der Waals surface area contributed by atoms with Crippen LogP contribution in [0.25, 0.3) is 11.3 Å². The van der Waals surface area contributed by atoms with E-state index in [9.17, 15) is 4.79 Å². The Morgan fingerprint density at radius 3 is 2.32 bits per heavy atom. The lowest BCUT2D eigenvalue weighted by atomic mass is 10.0. The van der Waals surface area contributed by atoms with Crippen molar-refractivity contribution in [3.63, 3.8) is 0 Å². The van der Waals surface area contributed by atoms with Gasteiger partial charge in [0.05, 0.1) is 20.3 Å². The summed E-state index contributed by atoms with van der Waals surface area (Å²) in [5.74, 6) is 1.69. The summed E-state index contributed by atoms with van der Waals surface area (Å²) in [7, 11) is 3.27. The Bertz CT molecular complexity index is 947. The number of benzene rings is 2. The number of rotatable bonds is 5. The monoisotopic (exact) mass is 378 g/mol. The van der Waals surface area contributed by atoms with Gasteiger partial charge in [-0.25, -0.2) is 0 Å². The summed E-state index contributed by atoms with van der Waals surface area (Å²) >= 11 is 0. The highest BCUT2D eigenvalue weighted by Gasteiger charge is 2.32. The molecule has 0 radical (unpaired) electrons. The topological polar surface area (TPSA) is 64.8 Å². The molecule has 1 amide bonds. The fraction of sp³-hybridized carbons (Fsp3) is 0.273. The Kier molecular flexibility index (Phi) is 5.02. The third-order valence-corrected chi connectivity index (χ3v) is 5.12. The number of carbonyl (C=O) groups is 1. The maximum absolute atomic E-state index is 13.0. The van der Waals surface area contributed by atoms with E-state index in [1.54, 1.807) is 20.3 Å². The second-order valence-corrected chi connectivity index (χ2v) is 6.73. The van der Waals surface area contributed by atoms with E-state index >= 15 is 0 Å². The van der Waals surface area contributed by atoms with Gasteiger partial charge in [0, 0.05) is 18.2 Å². The molecule has 1 atom stereocenters. The molecule has 0 saturated carbocycles. The number of carbonyl (C=O) groups excluding carboxylic acids is 1. The lowest BCUT2D eigenvalue weighted by molar-refractivity contribution is 0.0693. The number of amides is 1. The minimum atomic E-state index is -0.134. The van der Waals surface area contributed by atoms with Gasteiger partial charge in [-0.15, -0.1) is 0 Å². The molecular weight excluding hydrogens is 356 g/mol. The van der Waals surface area contributed by atoms with Crippen molar-refractivity contribution in [1.29, 1.82) is 0 Å². The predicted octanol–water partition coefficient (Wildman–Crippen LogP) is 4.34. The van der Waals surface area contributed by atoms with E-state index in [4.69, 9.17) is 14.0 Å². The number of nitrogens with zero attached hydrogens (tertiary/aromatic N) is 2. The van der Waals surface area contributed by atoms with Gasteiger partial charge < -0.3 is 18.9 Å². The van der Waals surface area contributed by atoms with Crippen LogP contribution in [-0.2, 0) is 0 Å². The van der Waals surface area contributed by atoms with Gasteiger partial charge in [0.25, 0.3) is 5.91 Å². The third kappa shape index (κ3) is 3.45. The van der Waals surface area contributed by atoms with E-state index in [0.29, 0.717) is 12.2 Å². The summed E-state index contributed by atoms with van der Waals surface area (Å²) in [4.78, 5) is 14.9. The first kappa shape index (κ1) is 18.1. The maximum Gasteiger partial charge on any atom is 0.292 e. The first-order valence-corrected chi connectivity index (χ1v) is 9.25. The smallest absolute Gasteiger partial charge is 0.292 e. The van der Waals surface area contributed by atoms with Gasteiger partial charge in [0.2, 0.25) is 5.76 Å². The zero-order valence-electron chi connectivity index (χ0n) is 15.9. The quantitative estimate of drug-likeness (QED) is 0.661. The number of aromatic nitrogens is 1. The van der Waals surface area contributed by atoms with Crippen molar-refractivity contribution in [3.05, 3.63) is 65.9 Å². The summed E-state index contributed by atoms with van der Waals surface area (Å²) < 4.78 is 15.8. The Morgan fingerprint density at radius 1 is 1.04 bits per heavy atom. The van der Waals surface area contributed by atoms with Crippen molar-refractivity contribution in [2.45, 2.75) is 18.9 Å². The van der Waals surface area contributed by atoms with Crippen LogP contribution in [0.3, 0.4) is 0 Å². The van der Waals surface area contributed by atoms with Gasteiger partial charge in [-0.1, -0.05) is 17.3 Å². The van der Waals surface area contributed by atoms with Gasteiger partial charge in [-0.2, -0.15) is 0 Å². The lowest BCUT2D eigenvalue weighted by Crippen LogP contribution is -2.30. The van der Waals surface area contributed by atoms with Crippen LogP contribution in [0.5, 0.6) is 11.5 Å². The molecule has 28 heavy (non-hydrogen) atoms. The van der Waals surface area contributed by atoms with E-state index in [1.807, 2.05) is 53.4 Å². The highest BCUT2D eigenvalue weighted by Crippen LogP contribution is 2.34. The zero-order chi connectivity index (χ0) is 19.5. The summed E-state index contributed by atoms with van der Waals surface area (Å²) in [5.41, 5.74) is 2.60. The molecule has 1 aliphatic heterocycles. The van der Waals surface area contributed by atoms with Crippen LogP contribution in [0.15, 0.2) is 59.1 Å². The number of methoxy groups -OCH3 is 2. The SMILES string of the molecule is COc1ccc(-c2cc(C(=O)N3CCC[C@@H]3c3ccc(OC)cc3)on2)cc1. The fourth-order valence-electron chi connectivity index (χ4n) is 3.60. The Morgan fingerprint density at radius 2 is 1.68 bits per heavy atom. The third-order valence-electron chi connectivity index (χ3n) is 5.12. The molecule has 1 fully saturated rings. The zero-order valence-corrected chi connectivity index (χ0v) is 15.9. The molecule has 1 saturated heterocycles. The lowest BCUT2D eigenvalue weighted by Gasteiger charge is -2.24. The van der Waals surface area contributed by atoms with Crippen LogP contribution < -0.4 is 9.47 Å². The van der Waals surface area contributed by atoms with Crippen LogP contribution in [0.2, 0.25) is 0 Å². The molecule has 0 N–H and O–H groups in total. The molecule has 0 unspecified atom stereocenters. The molecular formula is C22H22N2O4.